The van der Waals surface area contributed by atoms with Crippen molar-refractivity contribution in [2.45, 2.75) is 6.92 Å². The molecule has 6 heteroatoms. The summed E-state index contributed by atoms with van der Waals surface area (Å²) in [4.78, 5) is 16.3. The molecule has 2 rings (SSSR count). The lowest BCUT2D eigenvalue weighted by Gasteiger charge is -2.04. The van der Waals surface area contributed by atoms with Crippen LogP contribution in [0, 0.1) is 0 Å². The van der Waals surface area contributed by atoms with Crippen LogP contribution >= 0.6 is 27.3 Å². The van der Waals surface area contributed by atoms with E-state index in [0.29, 0.717) is 12.4 Å². The molecule has 19 heavy (non-hydrogen) atoms. The molecule has 0 saturated carbocycles. The van der Waals surface area contributed by atoms with Gasteiger partial charge in [0, 0.05) is 17.8 Å². The van der Waals surface area contributed by atoms with Crippen LogP contribution in [-0.4, -0.2) is 24.2 Å². The molecule has 100 valence electrons. The number of carbonyl (C=O) groups excluding carboxylic acids is 1. The van der Waals surface area contributed by atoms with E-state index >= 15 is 0 Å². The Morgan fingerprint density at radius 2 is 2.16 bits per heavy atom. The lowest BCUT2D eigenvalue weighted by atomic mass is 10.2. The first-order valence-corrected chi connectivity index (χ1v) is 7.35. The molecule has 0 aliphatic rings. The fourth-order valence-corrected chi connectivity index (χ4v) is 3.24. The van der Waals surface area contributed by atoms with Crippen molar-refractivity contribution in [2.24, 2.45) is 0 Å². The Kier molecular flexibility index (Phi) is 4.93. The summed E-state index contributed by atoms with van der Waals surface area (Å²) in [6, 6.07) is 3.84. The maximum Gasteiger partial charge on any atom is 0.344 e. The summed E-state index contributed by atoms with van der Waals surface area (Å²) in [5, 5.41) is 1.86. The summed E-state index contributed by atoms with van der Waals surface area (Å²) in [6.45, 7) is 2.04. The lowest BCUT2D eigenvalue weighted by molar-refractivity contribution is -0.145. The Hall–Kier alpha value is -1.40. The number of halogens is 1. The van der Waals surface area contributed by atoms with Crippen molar-refractivity contribution in [1.29, 1.82) is 0 Å². The number of aromatic nitrogens is 1. The van der Waals surface area contributed by atoms with E-state index in [1.54, 1.807) is 30.7 Å². The molecule has 0 aliphatic carbocycles. The Labute approximate surface area is 123 Å². The van der Waals surface area contributed by atoms with Gasteiger partial charge >= 0.3 is 5.97 Å². The molecule has 0 N–H and O–H groups in total. The molecule has 0 saturated heterocycles. The second-order valence-corrected chi connectivity index (χ2v) is 5.25. The third kappa shape index (κ3) is 3.54. The Morgan fingerprint density at radius 1 is 1.42 bits per heavy atom. The topological polar surface area (TPSA) is 48.4 Å². The number of hydrogen-bond donors (Lipinski definition) is 0. The van der Waals surface area contributed by atoms with Crippen LogP contribution < -0.4 is 4.74 Å². The number of ether oxygens (including phenoxy) is 2. The fraction of sp³-hybridized carbons (Fsp3) is 0.231. The van der Waals surface area contributed by atoms with Gasteiger partial charge in [-0.2, -0.15) is 0 Å². The van der Waals surface area contributed by atoms with Crippen LogP contribution in [0.5, 0.6) is 5.75 Å². The van der Waals surface area contributed by atoms with E-state index in [0.717, 1.165) is 14.9 Å². The zero-order valence-corrected chi connectivity index (χ0v) is 12.7. The number of hydrogen-bond acceptors (Lipinski definition) is 5. The van der Waals surface area contributed by atoms with Gasteiger partial charge in [-0.15, -0.1) is 11.3 Å². The number of carbonyl (C=O) groups is 1. The van der Waals surface area contributed by atoms with Gasteiger partial charge in [-0.25, -0.2) is 4.79 Å². The standard InChI is InChI=1S/C13H12BrNO3S/c1-2-17-11(16)7-18-10-8-19-13(12(10)14)9-3-5-15-6-4-9/h3-6,8H,2,7H2,1H3. The predicted molar refractivity (Wildman–Crippen MR) is 77.4 cm³/mol. The van der Waals surface area contributed by atoms with E-state index in [-0.39, 0.29) is 12.6 Å². The molecule has 4 nitrogen and oxygen atoms in total. The third-order valence-electron chi connectivity index (χ3n) is 2.29. The molecule has 0 amide bonds. The molecule has 2 heterocycles. The number of thiophene rings is 1. The molecule has 2 aromatic rings. The van der Waals surface area contributed by atoms with Crippen molar-refractivity contribution >= 4 is 33.2 Å². The van der Waals surface area contributed by atoms with Gasteiger partial charge in [-0.1, -0.05) is 0 Å². The largest absolute Gasteiger partial charge is 0.480 e. The quantitative estimate of drug-likeness (QED) is 0.780. The highest BCUT2D eigenvalue weighted by Gasteiger charge is 2.13. The third-order valence-corrected chi connectivity index (χ3v) is 4.35. The van der Waals surface area contributed by atoms with Gasteiger partial charge in [0.15, 0.2) is 6.61 Å². The molecular formula is C13H12BrNO3S. The second kappa shape index (κ2) is 6.68. The van der Waals surface area contributed by atoms with E-state index < -0.39 is 0 Å². The van der Waals surface area contributed by atoms with Gasteiger partial charge in [0.2, 0.25) is 0 Å². The molecule has 2 aromatic heterocycles. The molecule has 0 atom stereocenters. The van der Waals surface area contributed by atoms with Gasteiger partial charge in [0.25, 0.3) is 0 Å². The van der Waals surface area contributed by atoms with Crippen molar-refractivity contribution in [3.05, 3.63) is 34.4 Å². The minimum atomic E-state index is -0.369. The van der Waals surface area contributed by atoms with Gasteiger partial charge in [0.1, 0.15) is 5.75 Å². The Balaban J connectivity index is 2.09. The van der Waals surface area contributed by atoms with Crippen LogP contribution in [0.25, 0.3) is 10.4 Å². The molecule has 0 bridgehead atoms. The Bertz CT molecular complexity index is 556. The number of pyridine rings is 1. The molecule has 0 aromatic carbocycles. The van der Waals surface area contributed by atoms with Gasteiger partial charge in [0.05, 0.1) is 16.0 Å². The first-order chi connectivity index (χ1) is 9.22. The maximum absolute atomic E-state index is 11.2. The van der Waals surface area contributed by atoms with Crippen molar-refractivity contribution in [1.82, 2.24) is 4.98 Å². The van der Waals surface area contributed by atoms with Gasteiger partial charge < -0.3 is 9.47 Å². The van der Waals surface area contributed by atoms with E-state index in [1.165, 1.54) is 0 Å². The molecule has 0 fully saturated rings. The van der Waals surface area contributed by atoms with Crippen LogP contribution in [0.4, 0.5) is 0 Å². The number of esters is 1. The molecule has 0 aliphatic heterocycles. The first-order valence-electron chi connectivity index (χ1n) is 5.68. The van der Waals surface area contributed by atoms with Crippen LogP contribution in [0.1, 0.15) is 6.92 Å². The molecule has 0 unspecified atom stereocenters. The summed E-state index contributed by atoms with van der Waals surface area (Å²) in [5.74, 6) is 0.274. The van der Waals surface area contributed by atoms with E-state index in [1.807, 2.05) is 17.5 Å². The molecule has 0 spiro atoms. The zero-order valence-electron chi connectivity index (χ0n) is 10.3. The summed E-state index contributed by atoms with van der Waals surface area (Å²) in [6.07, 6.45) is 3.47. The van der Waals surface area contributed by atoms with Crippen molar-refractivity contribution in [3.8, 4) is 16.2 Å². The average molecular weight is 342 g/mol. The normalized spacial score (nSPS) is 10.2. The average Bonchev–Trinajstić information content (AvgIpc) is 2.79. The monoisotopic (exact) mass is 341 g/mol. The van der Waals surface area contributed by atoms with Gasteiger partial charge in [-0.3, -0.25) is 4.98 Å². The summed E-state index contributed by atoms with van der Waals surface area (Å²) >= 11 is 5.03. The summed E-state index contributed by atoms with van der Waals surface area (Å²) < 4.78 is 11.1. The number of nitrogens with zero attached hydrogens (tertiary/aromatic N) is 1. The fourth-order valence-electron chi connectivity index (χ4n) is 1.46. The Morgan fingerprint density at radius 3 is 2.84 bits per heavy atom. The predicted octanol–water partition coefficient (Wildman–Crippen LogP) is 3.51. The minimum Gasteiger partial charge on any atom is -0.480 e. The van der Waals surface area contributed by atoms with E-state index in [4.69, 9.17) is 9.47 Å². The maximum atomic E-state index is 11.2. The van der Waals surface area contributed by atoms with E-state index in [9.17, 15) is 4.79 Å². The van der Waals surface area contributed by atoms with E-state index in [2.05, 4.69) is 20.9 Å². The second-order valence-electron chi connectivity index (χ2n) is 3.57. The summed E-state index contributed by atoms with van der Waals surface area (Å²) in [5.41, 5.74) is 1.05. The summed E-state index contributed by atoms with van der Waals surface area (Å²) in [7, 11) is 0. The van der Waals surface area contributed by atoms with Crippen molar-refractivity contribution in [3.63, 3.8) is 0 Å². The van der Waals surface area contributed by atoms with Gasteiger partial charge in [-0.05, 0) is 40.5 Å². The minimum absolute atomic E-state index is 0.0844. The lowest BCUT2D eigenvalue weighted by Crippen LogP contribution is -2.14. The van der Waals surface area contributed by atoms with Crippen molar-refractivity contribution < 1.29 is 14.3 Å². The SMILES string of the molecule is CCOC(=O)COc1csc(-c2ccncc2)c1Br. The number of rotatable bonds is 5. The highest BCUT2D eigenvalue weighted by atomic mass is 79.9. The smallest absolute Gasteiger partial charge is 0.344 e. The van der Waals surface area contributed by atoms with Crippen LogP contribution in [0.15, 0.2) is 34.4 Å². The molecular weight excluding hydrogens is 330 g/mol. The van der Waals surface area contributed by atoms with Crippen LogP contribution in [0.2, 0.25) is 0 Å². The highest BCUT2D eigenvalue weighted by molar-refractivity contribution is 9.10. The zero-order chi connectivity index (χ0) is 13.7. The molecule has 0 radical (unpaired) electrons. The van der Waals surface area contributed by atoms with Crippen LogP contribution in [-0.2, 0) is 9.53 Å². The van der Waals surface area contributed by atoms with Crippen molar-refractivity contribution in [2.75, 3.05) is 13.2 Å². The highest BCUT2D eigenvalue weighted by Crippen LogP contribution is 2.41. The first kappa shape index (κ1) is 14.0. The van der Waals surface area contributed by atoms with Crippen LogP contribution in [0.3, 0.4) is 0 Å².